The molecule has 1 aromatic rings. The summed E-state index contributed by atoms with van der Waals surface area (Å²) in [5.74, 6) is 1.07. The molecule has 7 heteroatoms. The summed E-state index contributed by atoms with van der Waals surface area (Å²) in [7, 11) is 1.65. The third-order valence-electron chi connectivity index (χ3n) is 6.00. The third kappa shape index (κ3) is 6.21. The van der Waals surface area contributed by atoms with Crippen LogP contribution in [0.2, 0.25) is 0 Å². The first kappa shape index (κ1) is 22.1. The van der Waals surface area contributed by atoms with Gasteiger partial charge < -0.3 is 19.9 Å². The first-order chi connectivity index (χ1) is 14.6. The quantitative estimate of drug-likeness (QED) is 0.593. The Labute approximate surface area is 178 Å². The van der Waals surface area contributed by atoms with Crippen molar-refractivity contribution < 1.29 is 19.1 Å². The minimum atomic E-state index is -0.142. The van der Waals surface area contributed by atoms with Crippen LogP contribution in [0.3, 0.4) is 0 Å². The fourth-order valence-corrected chi connectivity index (χ4v) is 4.18. The number of benzene rings is 1. The molecule has 30 heavy (non-hydrogen) atoms. The molecule has 2 fully saturated rings. The lowest BCUT2D eigenvalue weighted by atomic mass is 9.96. The number of amides is 3. The third-order valence-corrected chi connectivity index (χ3v) is 6.00. The van der Waals surface area contributed by atoms with Crippen molar-refractivity contribution in [1.29, 1.82) is 0 Å². The molecule has 3 amide bonds. The topological polar surface area (TPSA) is 79.0 Å². The van der Waals surface area contributed by atoms with E-state index in [1.165, 1.54) is 5.56 Å². The number of aryl methyl sites for hydroxylation is 1. The van der Waals surface area contributed by atoms with Crippen molar-refractivity contribution in [2.45, 2.75) is 44.9 Å². The molecule has 0 aromatic heterocycles. The molecule has 0 saturated carbocycles. The second-order valence-corrected chi connectivity index (χ2v) is 8.16. The van der Waals surface area contributed by atoms with Crippen molar-refractivity contribution in [1.82, 2.24) is 15.1 Å². The molecule has 2 aliphatic rings. The highest BCUT2D eigenvalue weighted by Crippen LogP contribution is 2.19. The van der Waals surface area contributed by atoms with Crippen LogP contribution in [0, 0.1) is 5.92 Å². The zero-order valence-corrected chi connectivity index (χ0v) is 17.9. The Morgan fingerprint density at radius 1 is 1.07 bits per heavy atom. The first-order valence-corrected chi connectivity index (χ1v) is 11.0. The maximum Gasteiger partial charge on any atom is 0.224 e. The number of nitrogens with one attached hydrogen (secondary N) is 1. The average molecular weight is 416 g/mol. The van der Waals surface area contributed by atoms with Crippen LogP contribution < -0.4 is 10.1 Å². The van der Waals surface area contributed by atoms with Gasteiger partial charge in [-0.3, -0.25) is 14.4 Å². The van der Waals surface area contributed by atoms with Gasteiger partial charge in [-0.05, 0) is 49.8 Å². The van der Waals surface area contributed by atoms with Crippen LogP contribution in [-0.2, 0) is 20.8 Å². The Morgan fingerprint density at radius 2 is 1.80 bits per heavy atom. The van der Waals surface area contributed by atoms with E-state index < -0.39 is 0 Å². The molecule has 1 aromatic carbocycles. The largest absolute Gasteiger partial charge is 0.497 e. The zero-order chi connectivity index (χ0) is 21.3. The Kier molecular flexibility index (Phi) is 8.11. The summed E-state index contributed by atoms with van der Waals surface area (Å²) >= 11 is 0. The van der Waals surface area contributed by atoms with Crippen LogP contribution in [-0.4, -0.2) is 67.4 Å². The van der Waals surface area contributed by atoms with E-state index in [2.05, 4.69) is 5.32 Å². The number of hydrogen-bond donors (Lipinski definition) is 1. The summed E-state index contributed by atoms with van der Waals surface area (Å²) in [5.41, 5.74) is 1.22. The van der Waals surface area contributed by atoms with Crippen molar-refractivity contribution in [2.24, 2.45) is 5.92 Å². The number of hydrogen-bond acceptors (Lipinski definition) is 4. The molecule has 1 N–H and O–H groups in total. The monoisotopic (exact) mass is 415 g/mol. The van der Waals surface area contributed by atoms with Gasteiger partial charge in [0.15, 0.2) is 0 Å². The van der Waals surface area contributed by atoms with Gasteiger partial charge in [0, 0.05) is 45.6 Å². The Balaban J connectivity index is 1.35. The van der Waals surface area contributed by atoms with E-state index in [1.807, 2.05) is 29.2 Å². The van der Waals surface area contributed by atoms with Crippen molar-refractivity contribution in [3.63, 3.8) is 0 Å². The molecule has 2 saturated heterocycles. The minimum absolute atomic E-state index is 0.0388. The fourth-order valence-electron chi connectivity index (χ4n) is 4.18. The molecule has 0 bridgehead atoms. The first-order valence-electron chi connectivity index (χ1n) is 11.0. The number of carbonyl (C=O) groups excluding carboxylic acids is 3. The molecular formula is C23H33N3O4. The molecule has 7 nitrogen and oxygen atoms in total. The summed E-state index contributed by atoms with van der Waals surface area (Å²) < 4.78 is 5.16. The Bertz CT molecular complexity index is 734. The second kappa shape index (κ2) is 11.0. The van der Waals surface area contributed by atoms with Crippen molar-refractivity contribution in [3.05, 3.63) is 29.8 Å². The van der Waals surface area contributed by atoms with Crippen molar-refractivity contribution in [2.75, 3.05) is 39.8 Å². The van der Waals surface area contributed by atoms with E-state index in [-0.39, 0.29) is 23.6 Å². The van der Waals surface area contributed by atoms with Crippen molar-refractivity contribution >= 4 is 17.7 Å². The minimum Gasteiger partial charge on any atom is -0.497 e. The van der Waals surface area contributed by atoms with Gasteiger partial charge in [0.1, 0.15) is 5.75 Å². The van der Waals surface area contributed by atoms with Gasteiger partial charge in [-0.15, -0.1) is 0 Å². The van der Waals surface area contributed by atoms with Gasteiger partial charge in [0.25, 0.3) is 0 Å². The standard InChI is InChI=1S/C23H33N3O4/c1-30-20-10-7-18(8-11-20)5-2-13-24-23(29)19-9-12-22(28)26(17-19)16-4-15-25-14-3-6-21(25)27/h7-8,10-11,19H,2-6,9,12-17H2,1H3,(H,24,29)/t19-/m1/s1. The van der Waals surface area contributed by atoms with Gasteiger partial charge in [-0.1, -0.05) is 12.1 Å². The van der Waals surface area contributed by atoms with Crippen molar-refractivity contribution in [3.8, 4) is 5.75 Å². The molecule has 0 aliphatic carbocycles. The number of carbonyl (C=O) groups is 3. The van der Waals surface area contributed by atoms with Crippen LogP contribution in [0.4, 0.5) is 0 Å². The van der Waals surface area contributed by atoms with Gasteiger partial charge in [0.05, 0.1) is 13.0 Å². The van der Waals surface area contributed by atoms with E-state index in [1.54, 1.807) is 12.0 Å². The highest BCUT2D eigenvalue weighted by Gasteiger charge is 2.30. The lowest BCUT2D eigenvalue weighted by Crippen LogP contribution is -2.46. The van der Waals surface area contributed by atoms with E-state index in [0.29, 0.717) is 45.4 Å². The van der Waals surface area contributed by atoms with E-state index in [0.717, 1.165) is 38.0 Å². The molecule has 2 heterocycles. The lowest BCUT2D eigenvalue weighted by Gasteiger charge is -2.32. The number of likely N-dealkylation sites (tertiary alicyclic amines) is 2. The van der Waals surface area contributed by atoms with Crippen LogP contribution >= 0.6 is 0 Å². The molecule has 1 atom stereocenters. The van der Waals surface area contributed by atoms with E-state index in [9.17, 15) is 14.4 Å². The summed E-state index contributed by atoms with van der Waals surface area (Å²) in [5, 5.41) is 3.03. The maximum atomic E-state index is 12.6. The van der Waals surface area contributed by atoms with Gasteiger partial charge in [0.2, 0.25) is 17.7 Å². The molecule has 164 valence electrons. The molecular weight excluding hydrogens is 382 g/mol. The summed E-state index contributed by atoms with van der Waals surface area (Å²) in [6, 6.07) is 7.98. The highest BCUT2D eigenvalue weighted by atomic mass is 16.5. The predicted octanol–water partition coefficient (Wildman–Crippen LogP) is 2.00. The lowest BCUT2D eigenvalue weighted by molar-refractivity contribution is -0.138. The normalized spacial score (nSPS) is 19.3. The van der Waals surface area contributed by atoms with Gasteiger partial charge in [-0.2, -0.15) is 0 Å². The Morgan fingerprint density at radius 3 is 2.50 bits per heavy atom. The van der Waals surface area contributed by atoms with Crippen LogP contribution in [0.15, 0.2) is 24.3 Å². The molecule has 2 aliphatic heterocycles. The zero-order valence-electron chi connectivity index (χ0n) is 17.9. The summed E-state index contributed by atoms with van der Waals surface area (Å²) in [4.78, 5) is 40.1. The smallest absolute Gasteiger partial charge is 0.224 e. The van der Waals surface area contributed by atoms with E-state index >= 15 is 0 Å². The SMILES string of the molecule is COc1ccc(CCCNC(=O)[C@@H]2CCC(=O)N(CCCN3CCCC3=O)C2)cc1. The number of rotatable bonds is 10. The number of nitrogens with zero attached hydrogens (tertiary/aromatic N) is 2. The summed E-state index contributed by atoms with van der Waals surface area (Å²) in [6.07, 6.45) is 5.15. The van der Waals surface area contributed by atoms with Crippen LogP contribution in [0.1, 0.15) is 44.1 Å². The predicted molar refractivity (Wildman–Crippen MR) is 114 cm³/mol. The number of methoxy groups -OCH3 is 1. The number of piperidine rings is 1. The summed E-state index contributed by atoms with van der Waals surface area (Å²) in [6.45, 7) is 3.26. The van der Waals surface area contributed by atoms with Crippen LogP contribution in [0.5, 0.6) is 5.75 Å². The number of ether oxygens (including phenoxy) is 1. The highest BCUT2D eigenvalue weighted by molar-refractivity contribution is 5.83. The Hall–Kier alpha value is -2.57. The van der Waals surface area contributed by atoms with Gasteiger partial charge >= 0.3 is 0 Å². The molecule has 0 radical (unpaired) electrons. The second-order valence-electron chi connectivity index (χ2n) is 8.16. The van der Waals surface area contributed by atoms with Crippen LogP contribution in [0.25, 0.3) is 0 Å². The average Bonchev–Trinajstić information content (AvgIpc) is 3.17. The molecule has 0 unspecified atom stereocenters. The fraction of sp³-hybridized carbons (Fsp3) is 0.609. The molecule has 3 rings (SSSR count). The maximum absolute atomic E-state index is 12.6. The molecule has 0 spiro atoms. The van der Waals surface area contributed by atoms with E-state index in [4.69, 9.17) is 4.74 Å². The van der Waals surface area contributed by atoms with Gasteiger partial charge in [-0.25, -0.2) is 0 Å².